The number of hydrogen-bond donors (Lipinski definition) is 1. The highest BCUT2D eigenvalue weighted by Crippen LogP contribution is 2.47. The second-order valence-corrected chi connectivity index (χ2v) is 10.6. The molecular formula is C28H42O4. The molecule has 1 N–H and O–H groups in total. The second kappa shape index (κ2) is 10.4. The monoisotopic (exact) mass is 442 g/mol. The molecule has 1 aromatic rings. The van der Waals surface area contributed by atoms with Crippen LogP contribution in [-0.2, 0) is 30.5 Å². The summed E-state index contributed by atoms with van der Waals surface area (Å²) in [5.74, 6) is -0.332. The molecule has 0 amide bonds. The van der Waals surface area contributed by atoms with Crippen LogP contribution in [0.4, 0.5) is 0 Å². The number of esters is 1. The van der Waals surface area contributed by atoms with E-state index in [4.69, 9.17) is 9.47 Å². The van der Waals surface area contributed by atoms with E-state index in [1.165, 1.54) is 34.8 Å². The third-order valence-electron chi connectivity index (χ3n) is 6.80. The summed E-state index contributed by atoms with van der Waals surface area (Å²) < 4.78 is 10.9. The Morgan fingerprint density at radius 1 is 1.16 bits per heavy atom. The highest BCUT2D eigenvalue weighted by Gasteiger charge is 2.39. The van der Waals surface area contributed by atoms with Gasteiger partial charge < -0.3 is 14.6 Å². The smallest absolute Gasteiger partial charge is 0.330 e. The second-order valence-electron chi connectivity index (χ2n) is 10.6. The Labute approximate surface area is 194 Å². The lowest BCUT2D eigenvalue weighted by Gasteiger charge is -2.43. The van der Waals surface area contributed by atoms with Crippen molar-refractivity contribution in [2.75, 3.05) is 26.4 Å². The van der Waals surface area contributed by atoms with Gasteiger partial charge in [0.2, 0.25) is 0 Å². The first-order valence-electron chi connectivity index (χ1n) is 11.8. The molecule has 0 radical (unpaired) electrons. The summed E-state index contributed by atoms with van der Waals surface area (Å²) in [6.07, 6.45) is 7.93. The zero-order valence-corrected chi connectivity index (χ0v) is 21.3. The average Bonchev–Trinajstić information content (AvgIpc) is 2.70. The van der Waals surface area contributed by atoms with Gasteiger partial charge >= 0.3 is 5.97 Å². The quantitative estimate of drug-likeness (QED) is 0.231. The third-order valence-corrected chi connectivity index (χ3v) is 6.80. The molecule has 0 saturated carbocycles. The van der Waals surface area contributed by atoms with Crippen LogP contribution in [0.25, 0.3) is 0 Å². The van der Waals surface area contributed by atoms with E-state index in [-0.39, 0.29) is 23.4 Å². The molecule has 1 aliphatic rings. The first-order chi connectivity index (χ1) is 14.9. The molecule has 32 heavy (non-hydrogen) atoms. The molecule has 4 nitrogen and oxygen atoms in total. The number of rotatable bonds is 9. The highest BCUT2D eigenvalue weighted by molar-refractivity contribution is 5.83. The minimum atomic E-state index is -0.407. The number of aliphatic hydroxyl groups excluding tert-OH is 1. The molecule has 0 saturated heterocycles. The zero-order valence-electron chi connectivity index (χ0n) is 21.3. The summed E-state index contributed by atoms with van der Waals surface area (Å²) in [6.45, 7) is 18.5. The van der Waals surface area contributed by atoms with Crippen LogP contribution in [0.15, 0.2) is 35.9 Å². The van der Waals surface area contributed by atoms with Crippen LogP contribution in [-0.4, -0.2) is 37.5 Å². The van der Waals surface area contributed by atoms with E-state index in [9.17, 15) is 9.90 Å². The van der Waals surface area contributed by atoms with E-state index >= 15 is 0 Å². The molecule has 1 aliphatic carbocycles. The van der Waals surface area contributed by atoms with Crippen molar-refractivity contribution in [3.05, 3.63) is 58.2 Å². The maximum atomic E-state index is 11.8. The van der Waals surface area contributed by atoms with Gasteiger partial charge in [-0.25, -0.2) is 4.79 Å². The van der Waals surface area contributed by atoms with E-state index in [2.05, 4.69) is 59.8 Å². The Morgan fingerprint density at radius 2 is 1.75 bits per heavy atom. The van der Waals surface area contributed by atoms with Crippen LogP contribution in [0.2, 0.25) is 0 Å². The first-order valence-corrected chi connectivity index (χ1v) is 11.8. The lowest BCUT2D eigenvalue weighted by Crippen LogP contribution is -2.36. The van der Waals surface area contributed by atoms with Crippen molar-refractivity contribution in [2.24, 2.45) is 0 Å². The molecule has 0 bridgehead atoms. The van der Waals surface area contributed by atoms with Gasteiger partial charge in [-0.05, 0) is 79.2 Å². The predicted octanol–water partition coefficient (Wildman–Crippen LogP) is 5.68. The van der Waals surface area contributed by atoms with Crippen molar-refractivity contribution in [3.63, 3.8) is 0 Å². The van der Waals surface area contributed by atoms with Gasteiger partial charge in [-0.2, -0.15) is 0 Å². The maximum absolute atomic E-state index is 11.8. The Bertz CT molecular complexity index is 876. The standard InChI is InChI=1S/C28H42O4/c1-9-32-25(30)16-20(2)10-11-28(8,19-31-15-14-29)22-18-24-23(17-21(22)3)26(4,5)12-13-27(24,6)7/h10-11,16-18,29H,9,12-15,19H2,1-8H3/b11-10+,20-16+. The van der Waals surface area contributed by atoms with Crippen molar-refractivity contribution in [1.82, 2.24) is 0 Å². The van der Waals surface area contributed by atoms with Crippen LogP contribution in [0.5, 0.6) is 0 Å². The molecule has 1 unspecified atom stereocenters. The molecular weight excluding hydrogens is 400 g/mol. The summed E-state index contributed by atoms with van der Waals surface area (Å²) in [6, 6.07) is 4.74. The number of allylic oxidation sites excluding steroid dienone is 2. The van der Waals surface area contributed by atoms with E-state index in [1.807, 2.05) is 13.0 Å². The predicted molar refractivity (Wildman–Crippen MR) is 131 cm³/mol. The number of fused-ring (bicyclic) bond motifs is 1. The minimum Gasteiger partial charge on any atom is -0.463 e. The summed E-state index contributed by atoms with van der Waals surface area (Å²) in [4.78, 5) is 11.8. The summed E-state index contributed by atoms with van der Waals surface area (Å²) in [5.41, 5.74) is 6.01. The summed E-state index contributed by atoms with van der Waals surface area (Å²) >= 11 is 0. The summed E-state index contributed by atoms with van der Waals surface area (Å²) in [7, 11) is 0. The lowest BCUT2D eigenvalue weighted by atomic mass is 9.61. The molecule has 178 valence electrons. The highest BCUT2D eigenvalue weighted by atomic mass is 16.5. The van der Waals surface area contributed by atoms with Crippen LogP contribution >= 0.6 is 0 Å². The number of carbonyl (C=O) groups is 1. The van der Waals surface area contributed by atoms with E-state index < -0.39 is 5.41 Å². The third kappa shape index (κ3) is 6.11. The Morgan fingerprint density at radius 3 is 2.31 bits per heavy atom. The van der Waals surface area contributed by atoms with Crippen LogP contribution in [0.3, 0.4) is 0 Å². The molecule has 0 spiro atoms. The van der Waals surface area contributed by atoms with Crippen molar-refractivity contribution in [2.45, 2.75) is 84.5 Å². The molecule has 1 atom stereocenters. The zero-order chi connectivity index (χ0) is 24.2. The van der Waals surface area contributed by atoms with Crippen molar-refractivity contribution in [3.8, 4) is 0 Å². The SMILES string of the molecule is CCOC(=O)/C=C(C)/C=C/C(C)(COCCO)c1cc2c(cc1C)C(C)(C)CCC2(C)C. The van der Waals surface area contributed by atoms with Crippen molar-refractivity contribution < 1.29 is 19.4 Å². The Balaban J connectivity index is 2.55. The van der Waals surface area contributed by atoms with Gasteiger partial charge in [-0.3, -0.25) is 0 Å². The summed E-state index contributed by atoms with van der Waals surface area (Å²) in [5, 5.41) is 9.24. The van der Waals surface area contributed by atoms with Crippen LogP contribution in [0.1, 0.15) is 83.6 Å². The van der Waals surface area contributed by atoms with Gasteiger partial charge in [-0.1, -0.05) is 52.0 Å². The maximum Gasteiger partial charge on any atom is 0.330 e. The topological polar surface area (TPSA) is 55.8 Å². The van der Waals surface area contributed by atoms with Gasteiger partial charge in [-0.15, -0.1) is 0 Å². The fourth-order valence-corrected chi connectivity index (χ4v) is 4.64. The van der Waals surface area contributed by atoms with E-state index in [0.717, 1.165) is 12.0 Å². The van der Waals surface area contributed by atoms with Crippen LogP contribution < -0.4 is 0 Å². The molecule has 4 heteroatoms. The number of ether oxygens (including phenoxy) is 2. The lowest BCUT2D eigenvalue weighted by molar-refractivity contribution is -0.137. The molecule has 0 fully saturated rings. The Kier molecular flexibility index (Phi) is 8.52. The first kappa shape index (κ1) is 26.3. The number of aliphatic hydroxyl groups is 1. The van der Waals surface area contributed by atoms with Gasteiger partial charge in [0.05, 0.1) is 26.4 Å². The largest absolute Gasteiger partial charge is 0.463 e. The Hall–Kier alpha value is -1.91. The van der Waals surface area contributed by atoms with Gasteiger partial charge in [0.1, 0.15) is 0 Å². The van der Waals surface area contributed by atoms with Crippen molar-refractivity contribution in [1.29, 1.82) is 0 Å². The number of benzene rings is 1. The molecule has 0 aromatic heterocycles. The fraction of sp³-hybridized carbons (Fsp3) is 0.607. The number of hydrogen-bond acceptors (Lipinski definition) is 4. The molecule has 0 aliphatic heterocycles. The van der Waals surface area contributed by atoms with E-state index in [1.54, 1.807) is 6.92 Å². The molecule has 2 rings (SSSR count). The van der Waals surface area contributed by atoms with E-state index in [0.29, 0.717) is 19.8 Å². The molecule has 1 aromatic carbocycles. The fourth-order valence-electron chi connectivity index (χ4n) is 4.64. The minimum absolute atomic E-state index is 0.00796. The normalized spacial score (nSPS) is 19.5. The van der Waals surface area contributed by atoms with Gasteiger partial charge in [0.25, 0.3) is 0 Å². The molecule has 0 heterocycles. The number of carbonyl (C=O) groups excluding carboxylic acids is 1. The van der Waals surface area contributed by atoms with Crippen LogP contribution in [0, 0.1) is 6.92 Å². The average molecular weight is 443 g/mol. The van der Waals surface area contributed by atoms with Gasteiger partial charge in [0, 0.05) is 11.5 Å². The van der Waals surface area contributed by atoms with Gasteiger partial charge in [0.15, 0.2) is 0 Å². The van der Waals surface area contributed by atoms with Crippen molar-refractivity contribution >= 4 is 5.97 Å². The number of aryl methyl sites for hydroxylation is 1.